The van der Waals surface area contributed by atoms with Crippen LogP contribution in [0, 0.1) is 10.1 Å². The van der Waals surface area contributed by atoms with E-state index in [9.17, 15) is 41.3 Å². The molecule has 0 aliphatic carbocycles. The van der Waals surface area contributed by atoms with Crippen LogP contribution in [0.5, 0.6) is 0 Å². The van der Waals surface area contributed by atoms with Gasteiger partial charge in [0.25, 0.3) is 11.6 Å². The van der Waals surface area contributed by atoms with E-state index in [0.717, 1.165) is 22.5 Å². The van der Waals surface area contributed by atoms with Gasteiger partial charge in [-0.1, -0.05) is 23.2 Å². The summed E-state index contributed by atoms with van der Waals surface area (Å²) in [5.74, 6) is -2.46. The molecule has 0 spiro atoms. The number of morpholine rings is 1. The normalized spacial score (nSPS) is 14.7. The summed E-state index contributed by atoms with van der Waals surface area (Å²) in [4.78, 5) is 34.0. The molecule has 200 valence electrons. The number of sulfonamides is 1. The zero-order valence-corrected chi connectivity index (χ0v) is 20.7. The average molecular weight is 586 g/mol. The lowest BCUT2D eigenvalue weighted by Crippen LogP contribution is -2.40. The summed E-state index contributed by atoms with van der Waals surface area (Å²) in [5.41, 5.74) is -3.60. The van der Waals surface area contributed by atoms with Crippen molar-refractivity contribution in [2.45, 2.75) is 11.1 Å². The summed E-state index contributed by atoms with van der Waals surface area (Å²) in [7, 11) is -4.14. The number of ether oxygens (including phenoxy) is 2. The molecule has 0 atom stereocenters. The Bertz CT molecular complexity index is 1350. The average Bonchev–Trinajstić information content (AvgIpc) is 2.82. The molecular weight excluding hydrogens is 570 g/mol. The molecule has 17 heteroatoms. The molecule has 0 unspecified atom stereocenters. The number of hydrogen-bond acceptors (Lipinski definition) is 8. The van der Waals surface area contributed by atoms with E-state index < -0.39 is 67.0 Å². The highest BCUT2D eigenvalue weighted by atomic mass is 35.5. The summed E-state index contributed by atoms with van der Waals surface area (Å²) in [6.07, 6.45) is -5.04. The molecule has 3 rings (SSSR count). The molecule has 37 heavy (non-hydrogen) atoms. The lowest BCUT2D eigenvalue weighted by molar-refractivity contribution is -0.385. The van der Waals surface area contributed by atoms with Crippen molar-refractivity contribution in [2.24, 2.45) is 0 Å². The second-order valence-electron chi connectivity index (χ2n) is 7.39. The monoisotopic (exact) mass is 585 g/mol. The molecule has 1 aliphatic rings. The fraction of sp³-hybridized carbons (Fsp3) is 0.300. The van der Waals surface area contributed by atoms with Crippen LogP contribution in [-0.4, -0.2) is 62.4 Å². The Morgan fingerprint density at radius 3 is 2.38 bits per heavy atom. The number of non-ortho nitro benzene ring substituents is 1. The van der Waals surface area contributed by atoms with Crippen molar-refractivity contribution < 1.29 is 45.6 Å². The second-order valence-corrected chi connectivity index (χ2v) is 10.1. The minimum absolute atomic E-state index is 0.0454. The highest BCUT2D eigenvalue weighted by molar-refractivity contribution is 7.89. The quantitative estimate of drug-likeness (QED) is 0.294. The number of benzene rings is 2. The molecule has 1 heterocycles. The Kier molecular flexibility index (Phi) is 8.64. The molecule has 2 aromatic rings. The van der Waals surface area contributed by atoms with Gasteiger partial charge in [-0.05, 0) is 18.2 Å². The molecule has 0 saturated carbocycles. The van der Waals surface area contributed by atoms with Crippen LogP contribution in [0.15, 0.2) is 35.2 Å². The number of carbonyl (C=O) groups is 2. The summed E-state index contributed by atoms with van der Waals surface area (Å²) in [6.45, 7) is -0.691. The van der Waals surface area contributed by atoms with E-state index in [2.05, 4.69) is 0 Å². The minimum atomic E-state index is -5.04. The third kappa shape index (κ3) is 6.67. The number of halogens is 5. The van der Waals surface area contributed by atoms with Gasteiger partial charge < -0.3 is 14.8 Å². The predicted molar refractivity (Wildman–Crippen MR) is 123 cm³/mol. The molecule has 1 saturated heterocycles. The van der Waals surface area contributed by atoms with E-state index in [1.807, 2.05) is 5.32 Å². The van der Waals surface area contributed by atoms with E-state index in [1.165, 1.54) is 0 Å². The summed E-state index contributed by atoms with van der Waals surface area (Å²) < 4.78 is 76.7. The number of rotatable bonds is 7. The molecule has 1 N–H and O–H groups in total. The third-order valence-electron chi connectivity index (χ3n) is 4.96. The number of hydrogen-bond donors (Lipinski definition) is 1. The topological polar surface area (TPSA) is 145 Å². The first kappa shape index (κ1) is 28.6. The Balaban J connectivity index is 1.76. The van der Waals surface area contributed by atoms with Crippen molar-refractivity contribution in [1.29, 1.82) is 0 Å². The maximum absolute atomic E-state index is 13.3. The number of alkyl halides is 3. The molecule has 1 fully saturated rings. The van der Waals surface area contributed by atoms with Gasteiger partial charge in [0.15, 0.2) is 6.61 Å². The van der Waals surface area contributed by atoms with Crippen LogP contribution < -0.4 is 5.32 Å². The van der Waals surface area contributed by atoms with Crippen molar-refractivity contribution in [3.63, 3.8) is 0 Å². The molecular formula is C20H16Cl2F3N3O8S. The molecule has 0 bridgehead atoms. The number of nitro benzene ring substituents is 1. The summed E-state index contributed by atoms with van der Waals surface area (Å²) in [6, 6.07) is 3.54. The first-order valence-corrected chi connectivity index (χ1v) is 12.3. The highest BCUT2D eigenvalue weighted by Gasteiger charge is 2.36. The Morgan fingerprint density at radius 1 is 1.14 bits per heavy atom. The van der Waals surface area contributed by atoms with Crippen LogP contribution >= 0.6 is 23.2 Å². The van der Waals surface area contributed by atoms with Crippen LogP contribution in [0.25, 0.3) is 0 Å². The summed E-state index contributed by atoms with van der Waals surface area (Å²) >= 11 is 12.0. The smallest absolute Gasteiger partial charge is 0.418 e. The SMILES string of the molecule is O=C(COC(=O)c1cc(S(=O)(=O)N2CCOCC2)c(Cl)cc1Cl)Nc1ccc([N+](=O)[O-])cc1C(F)(F)F. The largest absolute Gasteiger partial charge is 0.452 e. The molecule has 11 nitrogen and oxygen atoms in total. The fourth-order valence-electron chi connectivity index (χ4n) is 3.19. The molecule has 0 radical (unpaired) electrons. The fourth-order valence-corrected chi connectivity index (χ4v) is 5.43. The molecule has 2 aromatic carbocycles. The number of nitro groups is 1. The van der Waals surface area contributed by atoms with Crippen molar-refractivity contribution in [3.8, 4) is 0 Å². The molecule has 1 amide bonds. The van der Waals surface area contributed by atoms with Gasteiger partial charge in [0.2, 0.25) is 10.0 Å². The van der Waals surface area contributed by atoms with Crippen LogP contribution in [-0.2, 0) is 30.5 Å². The van der Waals surface area contributed by atoms with Crippen LogP contribution in [0.1, 0.15) is 15.9 Å². The van der Waals surface area contributed by atoms with Gasteiger partial charge in [0.1, 0.15) is 4.90 Å². The Hall–Kier alpha value is -2.98. The highest BCUT2D eigenvalue weighted by Crippen LogP contribution is 2.37. The van der Waals surface area contributed by atoms with E-state index >= 15 is 0 Å². The van der Waals surface area contributed by atoms with E-state index in [4.69, 9.17) is 32.7 Å². The van der Waals surface area contributed by atoms with E-state index in [-0.39, 0.29) is 42.4 Å². The zero-order valence-electron chi connectivity index (χ0n) is 18.4. The number of amides is 1. The van der Waals surface area contributed by atoms with Crippen LogP contribution in [0.4, 0.5) is 24.5 Å². The Morgan fingerprint density at radius 2 is 1.78 bits per heavy atom. The molecule has 0 aromatic heterocycles. The number of nitrogens with zero attached hydrogens (tertiary/aromatic N) is 2. The first-order chi connectivity index (χ1) is 17.2. The van der Waals surface area contributed by atoms with Gasteiger partial charge in [-0.15, -0.1) is 0 Å². The van der Waals surface area contributed by atoms with E-state index in [1.54, 1.807) is 0 Å². The van der Waals surface area contributed by atoms with Gasteiger partial charge in [-0.3, -0.25) is 14.9 Å². The van der Waals surface area contributed by atoms with Gasteiger partial charge in [-0.2, -0.15) is 17.5 Å². The van der Waals surface area contributed by atoms with Crippen LogP contribution in [0.2, 0.25) is 10.0 Å². The standard InChI is InChI=1S/C20H16Cl2F3N3O8S/c21-14-9-15(22)17(37(33,34)27-3-5-35-6-4-27)8-12(14)19(30)36-10-18(29)26-16-2-1-11(28(31)32)7-13(16)20(23,24)25/h1-2,7-9H,3-6,10H2,(H,26,29). The first-order valence-electron chi connectivity index (χ1n) is 10.1. The van der Waals surface area contributed by atoms with Crippen molar-refractivity contribution in [1.82, 2.24) is 4.31 Å². The van der Waals surface area contributed by atoms with Crippen LogP contribution in [0.3, 0.4) is 0 Å². The summed E-state index contributed by atoms with van der Waals surface area (Å²) in [5, 5.41) is 12.1. The maximum atomic E-state index is 13.3. The number of nitrogens with one attached hydrogen (secondary N) is 1. The zero-order chi connectivity index (χ0) is 27.5. The number of esters is 1. The molecule has 1 aliphatic heterocycles. The van der Waals surface area contributed by atoms with Gasteiger partial charge in [0.05, 0.1) is 45.0 Å². The lowest BCUT2D eigenvalue weighted by atomic mass is 10.1. The number of carbonyl (C=O) groups excluding carboxylic acids is 2. The minimum Gasteiger partial charge on any atom is -0.452 e. The second kappa shape index (κ2) is 11.2. The third-order valence-corrected chi connectivity index (χ3v) is 7.63. The van der Waals surface area contributed by atoms with E-state index in [0.29, 0.717) is 6.07 Å². The Labute approximate surface area is 217 Å². The van der Waals surface area contributed by atoms with Crippen molar-refractivity contribution in [3.05, 3.63) is 61.6 Å². The van der Waals surface area contributed by atoms with Gasteiger partial charge in [-0.25, -0.2) is 13.2 Å². The van der Waals surface area contributed by atoms with Gasteiger partial charge in [0, 0.05) is 25.2 Å². The number of anilines is 1. The van der Waals surface area contributed by atoms with Crippen molar-refractivity contribution >= 4 is 56.5 Å². The maximum Gasteiger partial charge on any atom is 0.418 e. The van der Waals surface area contributed by atoms with Crippen molar-refractivity contribution in [2.75, 3.05) is 38.2 Å². The lowest BCUT2D eigenvalue weighted by Gasteiger charge is -2.26. The predicted octanol–water partition coefficient (Wildman–Crippen LogP) is 3.74. The van der Waals surface area contributed by atoms with Gasteiger partial charge >= 0.3 is 12.1 Å².